The molecule has 0 atom stereocenters. The minimum atomic E-state index is 0.776. The molecular weight excluding hydrogens is 358 g/mol. The topological polar surface area (TPSA) is 43.5 Å². The summed E-state index contributed by atoms with van der Waals surface area (Å²) in [6.45, 7) is 9.28. The van der Waals surface area contributed by atoms with Gasteiger partial charge in [0.2, 0.25) is 0 Å². The van der Waals surface area contributed by atoms with E-state index in [1.807, 2.05) is 0 Å². The maximum atomic E-state index is 5.04. The summed E-state index contributed by atoms with van der Waals surface area (Å²) in [5.74, 6) is 1.91. The molecule has 0 amide bonds. The Labute approximate surface area is 170 Å². The molecule has 0 bridgehead atoms. The van der Waals surface area contributed by atoms with Crippen LogP contribution in [0.15, 0.2) is 60.7 Å². The van der Waals surface area contributed by atoms with Gasteiger partial charge in [-0.2, -0.15) is 0 Å². The van der Waals surface area contributed by atoms with E-state index in [2.05, 4.69) is 107 Å². The lowest BCUT2D eigenvalue weighted by Crippen LogP contribution is -2.14. The number of nitrogens with zero attached hydrogens (tertiary/aromatic N) is 4. The molecule has 0 aliphatic heterocycles. The minimum Gasteiger partial charge on any atom is -0.303 e. The van der Waals surface area contributed by atoms with Crippen molar-refractivity contribution in [2.24, 2.45) is 0 Å². The Morgan fingerprint density at radius 1 is 0.724 bits per heavy atom. The predicted octanol–water partition coefficient (Wildman–Crippen LogP) is 5.23. The summed E-state index contributed by atoms with van der Waals surface area (Å²) in [5, 5.41) is 3.43. The van der Waals surface area contributed by atoms with E-state index in [1.165, 1.54) is 39.4 Å². The fraction of sp³-hybridized carbons (Fsp3) is 0.208. The van der Waals surface area contributed by atoms with Crippen LogP contribution >= 0.6 is 0 Å². The van der Waals surface area contributed by atoms with E-state index in [9.17, 15) is 0 Å². The van der Waals surface area contributed by atoms with Gasteiger partial charge in [-0.25, -0.2) is 4.98 Å². The van der Waals surface area contributed by atoms with Crippen LogP contribution in [0.25, 0.3) is 22.7 Å². The van der Waals surface area contributed by atoms with Crippen LogP contribution in [0.2, 0.25) is 0 Å². The monoisotopic (exact) mass is 383 g/mol. The van der Waals surface area contributed by atoms with Crippen LogP contribution in [-0.2, 0) is 6.54 Å². The third kappa shape index (κ3) is 2.90. The summed E-state index contributed by atoms with van der Waals surface area (Å²) in [6.07, 6.45) is 0. The molecule has 5 rings (SSSR count). The Kier molecular flexibility index (Phi) is 3.98. The molecule has 1 aromatic carbocycles. The largest absolute Gasteiger partial charge is 0.303 e. The smallest absolute Gasteiger partial charge is 0.139 e. The van der Waals surface area contributed by atoms with Gasteiger partial charge in [-0.1, -0.05) is 12.1 Å². The van der Waals surface area contributed by atoms with Gasteiger partial charge in [0.25, 0.3) is 0 Å². The van der Waals surface area contributed by atoms with Crippen molar-refractivity contribution in [2.45, 2.75) is 34.2 Å². The second-order valence-corrected chi connectivity index (χ2v) is 7.81. The Bertz CT molecular complexity index is 1220. The second-order valence-electron chi connectivity index (χ2n) is 7.81. The molecule has 5 nitrogen and oxygen atoms in total. The Balaban J connectivity index is 1.66. The van der Waals surface area contributed by atoms with Crippen molar-refractivity contribution >= 4 is 11.0 Å². The number of aromatic amines is 1. The van der Waals surface area contributed by atoms with Gasteiger partial charge in [-0.3, -0.25) is 9.78 Å². The number of H-pyrrole nitrogens is 1. The van der Waals surface area contributed by atoms with Crippen LogP contribution in [0.1, 0.15) is 28.3 Å². The number of nitrogens with one attached hydrogen (secondary N) is 1. The van der Waals surface area contributed by atoms with E-state index in [0.717, 1.165) is 18.2 Å². The molecule has 0 aliphatic rings. The maximum Gasteiger partial charge on any atom is 0.139 e. The minimum absolute atomic E-state index is 0.776. The van der Waals surface area contributed by atoms with Crippen LogP contribution in [0.5, 0.6) is 0 Å². The Morgan fingerprint density at radius 2 is 1.24 bits per heavy atom. The molecule has 0 saturated heterocycles. The highest BCUT2D eigenvalue weighted by Crippen LogP contribution is 2.23. The van der Waals surface area contributed by atoms with Crippen molar-refractivity contribution in [3.05, 3.63) is 89.0 Å². The first-order valence-electron chi connectivity index (χ1n) is 9.96. The number of rotatable bonds is 4. The molecule has 4 aromatic heterocycles. The lowest BCUT2D eigenvalue weighted by Gasteiger charge is -2.19. The van der Waals surface area contributed by atoms with Crippen molar-refractivity contribution in [3.8, 4) is 11.6 Å². The van der Waals surface area contributed by atoms with Crippen LogP contribution in [0, 0.1) is 27.7 Å². The van der Waals surface area contributed by atoms with Crippen molar-refractivity contribution in [1.82, 2.24) is 23.9 Å². The third-order valence-electron chi connectivity index (χ3n) is 5.65. The zero-order chi connectivity index (χ0) is 20.1. The molecule has 1 N–H and O–H groups in total. The number of benzene rings is 1. The molecule has 0 saturated carbocycles. The Morgan fingerprint density at radius 3 is 1.76 bits per heavy atom. The zero-order valence-electron chi connectivity index (χ0n) is 17.3. The van der Waals surface area contributed by atoms with Crippen molar-refractivity contribution in [2.75, 3.05) is 0 Å². The molecule has 5 aromatic rings. The average molecular weight is 383 g/mol. The van der Waals surface area contributed by atoms with Crippen LogP contribution in [-0.4, -0.2) is 23.9 Å². The summed E-state index contributed by atoms with van der Waals surface area (Å²) in [4.78, 5) is 5.04. The first-order chi connectivity index (χ1) is 14.0. The van der Waals surface area contributed by atoms with E-state index in [1.54, 1.807) is 0 Å². The fourth-order valence-electron chi connectivity index (χ4n) is 4.20. The van der Waals surface area contributed by atoms with Crippen molar-refractivity contribution < 1.29 is 0 Å². The van der Waals surface area contributed by atoms with E-state index in [4.69, 9.17) is 4.98 Å². The number of fused-ring (bicyclic) bond motifs is 1. The number of hydrogen-bond acceptors (Lipinski definition) is 1. The van der Waals surface area contributed by atoms with E-state index < -0.39 is 0 Å². The number of aryl methyl sites for hydroxylation is 4. The fourth-order valence-corrected chi connectivity index (χ4v) is 4.20. The SMILES string of the molecule is Cc1ccc(C)n1-c1cc(Cn2[nH]c3ccccc32)cc(-n2c(C)ccc2C)n1. The van der Waals surface area contributed by atoms with Gasteiger partial charge in [0.1, 0.15) is 11.6 Å². The quantitative estimate of drug-likeness (QED) is 0.454. The molecule has 29 heavy (non-hydrogen) atoms. The summed E-state index contributed by atoms with van der Waals surface area (Å²) >= 11 is 0. The number of hydrogen-bond donors (Lipinski definition) is 1. The van der Waals surface area contributed by atoms with Crippen molar-refractivity contribution in [3.63, 3.8) is 0 Å². The molecule has 0 radical (unpaired) electrons. The van der Waals surface area contributed by atoms with Gasteiger partial charge < -0.3 is 9.13 Å². The summed E-state index contributed by atoms with van der Waals surface area (Å²) in [6, 6.07) is 21.3. The third-order valence-corrected chi connectivity index (χ3v) is 5.65. The summed E-state index contributed by atoms with van der Waals surface area (Å²) in [5.41, 5.74) is 8.37. The normalized spacial score (nSPS) is 11.6. The lowest BCUT2D eigenvalue weighted by molar-refractivity contribution is 0.681. The van der Waals surface area contributed by atoms with E-state index in [0.29, 0.717) is 0 Å². The van der Waals surface area contributed by atoms with Crippen LogP contribution in [0.4, 0.5) is 0 Å². The lowest BCUT2D eigenvalue weighted by atomic mass is 10.2. The zero-order valence-corrected chi connectivity index (χ0v) is 17.3. The highest BCUT2D eigenvalue weighted by atomic mass is 15.3. The molecule has 0 aliphatic carbocycles. The first-order valence-corrected chi connectivity index (χ1v) is 9.96. The number of pyridine rings is 1. The molecular formula is C24H25N5. The molecule has 0 spiro atoms. The maximum absolute atomic E-state index is 5.04. The summed E-state index contributed by atoms with van der Waals surface area (Å²) < 4.78 is 6.63. The predicted molar refractivity (Wildman–Crippen MR) is 117 cm³/mol. The first kappa shape index (κ1) is 17.6. The van der Waals surface area contributed by atoms with Gasteiger partial charge in [0.15, 0.2) is 0 Å². The highest BCUT2D eigenvalue weighted by Gasteiger charge is 2.14. The second kappa shape index (κ2) is 6.55. The summed E-state index contributed by atoms with van der Waals surface area (Å²) in [7, 11) is 0. The van der Waals surface area contributed by atoms with E-state index in [-0.39, 0.29) is 0 Å². The molecule has 5 heteroatoms. The van der Waals surface area contributed by atoms with E-state index >= 15 is 0 Å². The molecule has 146 valence electrons. The molecule has 0 fully saturated rings. The van der Waals surface area contributed by atoms with Gasteiger partial charge >= 0.3 is 0 Å². The number of para-hydroxylation sites is 2. The van der Waals surface area contributed by atoms with Crippen molar-refractivity contribution in [1.29, 1.82) is 0 Å². The molecule has 4 heterocycles. The van der Waals surface area contributed by atoms with Crippen LogP contribution < -0.4 is 0 Å². The van der Waals surface area contributed by atoms with Crippen LogP contribution in [0.3, 0.4) is 0 Å². The Hall–Kier alpha value is -3.47. The average Bonchev–Trinajstić information content (AvgIpc) is 3.20. The standard InChI is InChI=1S/C24H25N5/c1-16-9-10-17(2)28(16)23-13-20(15-27-22-8-6-5-7-21(22)26-27)14-24(25-23)29-18(3)11-12-19(29)4/h5-14,26H,15H2,1-4H3. The van der Waals surface area contributed by atoms with Gasteiger partial charge in [0, 0.05) is 22.8 Å². The molecule has 0 unspecified atom stereocenters. The van der Waals surface area contributed by atoms with Gasteiger partial charge in [-0.15, -0.1) is 0 Å². The van der Waals surface area contributed by atoms with Gasteiger partial charge in [0.05, 0.1) is 17.6 Å². The van der Waals surface area contributed by atoms with Gasteiger partial charge in [-0.05, 0) is 81.8 Å². The highest BCUT2D eigenvalue weighted by molar-refractivity contribution is 5.76. The number of aromatic nitrogens is 5.